The number of amides is 1. The highest BCUT2D eigenvalue weighted by Crippen LogP contribution is 2.28. The molecule has 0 heterocycles. The summed E-state index contributed by atoms with van der Waals surface area (Å²) in [6.45, 7) is 3.18. The van der Waals surface area contributed by atoms with E-state index in [1.54, 1.807) is 0 Å². The standard InChI is InChI=1S/C14H28N2O2/c15-9-4-2-1-3-6-14(17)16-10-5-11-18-12-13-7-8-13/h13H,1-12,15H2,(H,16,17). The van der Waals surface area contributed by atoms with Crippen LogP contribution in [-0.2, 0) is 9.53 Å². The zero-order valence-corrected chi connectivity index (χ0v) is 11.5. The summed E-state index contributed by atoms with van der Waals surface area (Å²) < 4.78 is 5.50. The molecule has 1 aliphatic carbocycles. The molecule has 0 aliphatic heterocycles. The van der Waals surface area contributed by atoms with Crippen LogP contribution >= 0.6 is 0 Å². The van der Waals surface area contributed by atoms with E-state index in [4.69, 9.17) is 10.5 Å². The largest absolute Gasteiger partial charge is 0.381 e. The van der Waals surface area contributed by atoms with Crippen LogP contribution in [0.5, 0.6) is 0 Å². The van der Waals surface area contributed by atoms with E-state index in [9.17, 15) is 4.79 Å². The number of carbonyl (C=O) groups is 1. The molecule has 0 aromatic heterocycles. The van der Waals surface area contributed by atoms with Crippen LogP contribution in [-0.4, -0.2) is 32.2 Å². The van der Waals surface area contributed by atoms with E-state index in [2.05, 4.69) is 5.32 Å². The minimum Gasteiger partial charge on any atom is -0.381 e. The summed E-state index contributed by atoms with van der Waals surface area (Å²) in [4.78, 5) is 11.5. The lowest BCUT2D eigenvalue weighted by Crippen LogP contribution is -2.25. The Morgan fingerprint density at radius 2 is 1.94 bits per heavy atom. The Morgan fingerprint density at radius 1 is 1.17 bits per heavy atom. The zero-order valence-electron chi connectivity index (χ0n) is 11.5. The molecular weight excluding hydrogens is 228 g/mol. The average molecular weight is 256 g/mol. The van der Waals surface area contributed by atoms with E-state index >= 15 is 0 Å². The molecule has 106 valence electrons. The maximum atomic E-state index is 11.5. The van der Waals surface area contributed by atoms with Gasteiger partial charge in [0.05, 0.1) is 0 Å². The molecular formula is C14H28N2O2. The summed E-state index contributed by atoms with van der Waals surface area (Å²) in [5, 5.41) is 2.93. The van der Waals surface area contributed by atoms with Crippen molar-refractivity contribution < 1.29 is 9.53 Å². The van der Waals surface area contributed by atoms with Crippen molar-refractivity contribution in [2.75, 3.05) is 26.3 Å². The van der Waals surface area contributed by atoms with Crippen molar-refractivity contribution in [2.45, 2.75) is 51.4 Å². The Hall–Kier alpha value is -0.610. The minimum absolute atomic E-state index is 0.171. The molecule has 4 heteroatoms. The fourth-order valence-electron chi connectivity index (χ4n) is 1.81. The molecule has 4 nitrogen and oxygen atoms in total. The molecule has 0 atom stereocenters. The molecule has 1 aliphatic rings. The summed E-state index contributed by atoms with van der Waals surface area (Å²) in [7, 11) is 0. The molecule has 0 saturated heterocycles. The maximum Gasteiger partial charge on any atom is 0.219 e. The Labute approximate surface area is 111 Å². The Bertz CT molecular complexity index is 218. The van der Waals surface area contributed by atoms with E-state index in [1.165, 1.54) is 12.8 Å². The highest BCUT2D eigenvalue weighted by Gasteiger charge is 2.20. The predicted octanol–water partition coefficient (Wildman–Crippen LogP) is 1.83. The number of nitrogens with one attached hydrogen (secondary N) is 1. The molecule has 0 radical (unpaired) electrons. The van der Waals surface area contributed by atoms with Gasteiger partial charge in [-0.05, 0) is 44.6 Å². The van der Waals surface area contributed by atoms with Crippen molar-refractivity contribution in [1.29, 1.82) is 0 Å². The van der Waals surface area contributed by atoms with Gasteiger partial charge in [-0.15, -0.1) is 0 Å². The second kappa shape index (κ2) is 10.3. The molecule has 0 aromatic rings. The third-order valence-corrected chi connectivity index (χ3v) is 3.20. The maximum absolute atomic E-state index is 11.5. The van der Waals surface area contributed by atoms with Crippen LogP contribution in [0.3, 0.4) is 0 Å². The molecule has 0 spiro atoms. The van der Waals surface area contributed by atoms with E-state index in [-0.39, 0.29) is 5.91 Å². The molecule has 0 unspecified atom stereocenters. The van der Waals surface area contributed by atoms with Gasteiger partial charge in [-0.25, -0.2) is 0 Å². The van der Waals surface area contributed by atoms with Gasteiger partial charge in [-0.3, -0.25) is 4.79 Å². The summed E-state index contributed by atoms with van der Waals surface area (Å²) in [5.74, 6) is 0.998. The fourth-order valence-corrected chi connectivity index (χ4v) is 1.81. The molecule has 18 heavy (non-hydrogen) atoms. The summed E-state index contributed by atoms with van der Waals surface area (Å²) in [5.41, 5.74) is 5.41. The molecule has 1 rings (SSSR count). The van der Waals surface area contributed by atoms with E-state index < -0.39 is 0 Å². The first-order valence-electron chi connectivity index (χ1n) is 7.37. The lowest BCUT2D eigenvalue weighted by Gasteiger charge is -2.06. The van der Waals surface area contributed by atoms with Crippen LogP contribution < -0.4 is 11.1 Å². The van der Waals surface area contributed by atoms with Crippen molar-refractivity contribution in [3.63, 3.8) is 0 Å². The van der Waals surface area contributed by atoms with Crippen LogP contribution in [0.25, 0.3) is 0 Å². The van der Waals surface area contributed by atoms with Gasteiger partial charge in [0.25, 0.3) is 0 Å². The van der Waals surface area contributed by atoms with E-state index in [0.717, 1.165) is 64.3 Å². The quantitative estimate of drug-likeness (QED) is 0.524. The molecule has 0 aromatic carbocycles. The topological polar surface area (TPSA) is 64.4 Å². The van der Waals surface area contributed by atoms with Crippen molar-refractivity contribution in [1.82, 2.24) is 5.32 Å². The Morgan fingerprint density at radius 3 is 2.67 bits per heavy atom. The first-order valence-corrected chi connectivity index (χ1v) is 7.37. The normalized spacial score (nSPS) is 14.7. The minimum atomic E-state index is 0.171. The van der Waals surface area contributed by atoms with Gasteiger partial charge in [0.1, 0.15) is 0 Å². The summed E-state index contributed by atoms with van der Waals surface area (Å²) in [6, 6.07) is 0. The highest BCUT2D eigenvalue weighted by molar-refractivity contribution is 5.75. The second-order valence-corrected chi connectivity index (χ2v) is 5.17. The number of unbranched alkanes of at least 4 members (excludes halogenated alkanes) is 3. The van der Waals surface area contributed by atoms with Crippen molar-refractivity contribution in [2.24, 2.45) is 11.7 Å². The number of rotatable bonds is 12. The Kier molecular flexibility index (Phi) is 8.86. The van der Waals surface area contributed by atoms with Gasteiger partial charge in [0.15, 0.2) is 0 Å². The van der Waals surface area contributed by atoms with Crippen LogP contribution in [0.1, 0.15) is 51.4 Å². The van der Waals surface area contributed by atoms with Crippen LogP contribution in [0.15, 0.2) is 0 Å². The smallest absolute Gasteiger partial charge is 0.219 e. The van der Waals surface area contributed by atoms with Crippen LogP contribution in [0, 0.1) is 5.92 Å². The van der Waals surface area contributed by atoms with Crippen molar-refractivity contribution in [3.8, 4) is 0 Å². The number of carbonyl (C=O) groups excluding carboxylic acids is 1. The summed E-state index contributed by atoms with van der Waals surface area (Å²) >= 11 is 0. The fraction of sp³-hybridized carbons (Fsp3) is 0.929. The van der Waals surface area contributed by atoms with Crippen LogP contribution in [0.2, 0.25) is 0 Å². The lowest BCUT2D eigenvalue weighted by molar-refractivity contribution is -0.121. The van der Waals surface area contributed by atoms with Crippen molar-refractivity contribution >= 4 is 5.91 Å². The molecule has 1 fully saturated rings. The average Bonchev–Trinajstić information content (AvgIpc) is 3.17. The van der Waals surface area contributed by atoms with Crippen molar-refractivity contribution in [3.05, 3.63) is 0 Å². The Balaban J connectivity index is 1.75. The van der Waals surface area contributed by atoms with Gasteiger partial charge >= 0.3 is 0 Å². The van der Waals surface area contributed by atoms with Crippen LogP contribution in [0.4, 0.5) is 0 Å². The van der Waals surface area contributed by atoms with E-state index in [0.29, 0.717) is 6.42 Å². The number of ether oxygens (including phenoxy) is 1. The number of hydrogen-bond acceptors (Lipinski definition) is 3. The summed E-state index contributed by atoms with van der Waals surface area (Å²) in [6.07, 6.45) is 8.53. The second-order valence-electron chi connectivity index (χ2n) is 5.17. The van der Waals surface area contributed by atoms with Gasteiger partial charge in [0, 0.05) is 26.2 Å². The number of hydrogen-bond donors (Lipinski definition) is 2. The van der Waals surface area contributed by atoms with Gasteiger partial charge < -0.3 is 15.8 Å². The lowest BCUT2D eigenvalue weighted by atomic mass is 10.1. The molecule has 1 saturated carbocycles. The predicted molar refractivity (Wildman–Crippen MR) is 73.3 cm³/mol. The number of nitrogens with two attached hydrogens (primary N) is 1. The third kappa shape index (κ3) is 9.42. The molecule has 0 bridgehead atoms. The molecule has 1 amide bonds. The van der Waals surface area contributed by atoms with Gasteiger partial charge in [-0.1, -0.05) is 12.8 Å². The molecule has 3 N–H and O–H groups in total. The first-order chi connectivity index (χ1) is 8.83. The monoisotopic (exact) mass is 256 g/mol. The first kappa shape index (κ1) is 15.4. The third-order valence-electron chi connectivity index (χ3n) is 3.20. The van der Waals surface area contributed by atoms with Gasteiger partial charge in [-0.2, -0.15) is 0 Å². The highest BCUT2D eigenvalue weighted by atomic mass is 16.5. The SMILES string of the molecule is NCCCCCCC(=O)NCCCOCC1CC1. The van der Waals surface area contributed by atoms with E-state index in [1.807, 2.05) is 0 Å². The zero-order chi connectivity index (χ0) is 13.1. The van der Waals surface area contributed by atoms with Gasteiger partial charge in [0.2, 0.25) is 5.91 Å².